The number of nitrogens with one attached hydrogen (secondary N) is 1. The average Bonchev–Trinajstić information content (AvgIpc) is 3.14. The largest absolute Gasteiger partial charge is 0.366 e. The first-order valence-corrected chi connectivity index (χ1v) is 10.7. The summed E-state index contributed by atoms with van der Waals surface area (Å²) >= 11 is 0. The number of hydrogen-bond donors (Lipinski definition) is 1. The molecule has 6 aliphatic rings. The smallest absolute Gasteiger partial charge is 0.0979 e. The summed E-state index contributed by atoms with van der Waals surface area (Å²) < 4.78 is 6.60. The zero-order chi connectivity index (χ0) is 16.9. The van der Waals surface area contributed by atoms with Crippen LogP contribution < -0.4 is 0 Å². The second-order valence-electron chi connectivity index (χ2n) is 10.3. The molecular formula is C23H31NO. The van der Waals surface area contributed by atoms with E-state index in [2.05, 4.69) is 25.2 Å². The minimum Gasteiger partial charge on any atom is -0.366 e. The first-order chi connectivity index (χ1) is 12.1. The van der Waals surface area contributed by atoms with E-state index in [1.807, 2.05) is 0 Å². The van der Waals surface area contributed by atoms with E-state index in [4.69, 9.17) is 10.1 Å². The summed E-state index contributed by atoms with van der Waals surface area (Å²) in [5, 5.41) is 8.06. The summed E-state index contributed by atoms with van der Waals surface area (Å²) in [7, 11) is 0. The number of fused-ring (bicyclic) bond motifs is 7. The molecule has 6 atom stereocenters. The molecule has 25 heavy (non-hydrogen) atoms. The van der Waals surface area contributed by atoms with Gasteiger partial charge in [0.15, 0.2) is 0 Å². The number of rotatable bonds is 0. The molecule has 1 N–H and O–H groups in total. The van der Waals surface area contributed by atoms with Crippen molar-refractivity contribution in [3.8, 4) is 0 Å². The fourth-order valence-corrected chi connectivity index (χ4v) is 8.40. The van der Waals surface area contributed by atoms with Crippen molar-refractivity contribution in [2.75, 3.05) is 6.61 Å². The standard InChI is InChI=1S/C23H31NO/c1-21-9-7-18-17-6-4-16(24)13-15(17)3-5-19(18)20(21)14-22(10-11-22)23(21)8-2-12-25-23/h2,8,13,17-20,24H,3-7,9-12,14H2,1H3/t17?,18?,19?,20?,21-,23+/m0/s1. The van der Waals surface area contributed by atoms with Crippen LogP contribution in [0.15, 0.2) is 23.8 Å². The van der Waals surface area contributed by atoms with Gasteiger partial charge in [-0.2, -0.15) is 0 Å². The summed E-state index contributed by atoms with van der Waals surface area (Å²) in [5.74, 6) is 3.45. The van der Waals surface area contributed by atoms with Crippen LogP contribution >= 0.6 is 0 Å². The normalized spacial score (nSPS) is 52.0. The van der Waals surface area contributed by atoms with Gasteiger partial charge in [0, 0.05) is 16.5 Å². The Morgan fingerprint density at radius 2 is 1.96 bits per heavy atom. The van der Waals surface area contributed by atoms with E-state index in [0.29, 0.717) is 10.8 Å². The fourth-order valence-electron chi connectivity index (χ4n) is 8.40. The highest BCUT2D eigenvalue weighted by Gasteiger charge is 2.76. The molecule has 4 saturated carbocycles. The Hall–Kier alpha value is -0.890. The third kappa shape index (κ3) is 1.69. The molecule has 1 heterocycles. The Balaban J connectivity index is 1.39. The fraction of sp³-hybridized carbons (Fsp3) is 0.783. The Morgan fingerprint density at radius 1 is 1.08 bits per heavy atom. The minimum atomic E-state index is 0.0699. The van der Waals surface area contributed by atoms with E-state index in [1.165, 1.54) is 51.4 Å². The molecule has 0 saturated heterocycles. The van der Waals surface area contributed by atoms with Gasteiger partial charge in [-0.1, -0.05) is 24.6 Å². The SMILES string of the molecule is C[C@]12CCC3C4CCC(=N)C=C4CCC3C1CC1(CC1)[C@@]21C=CCO1. The maximum absolute atomic E-state index is 8.06. The number of allylic oxidation sites excluding steroid dienone is 2. The van der Waals surface area contributed by atoms with Crippen LogP contribution in [0, 0.1) is 39.9 Å². The van der Waals surface area contributed by atoms with Crippen molar-refractivity contribution in [1.29, 1.82) is 5.41 Å². The van der Waals surface area contributed by atoms with Gasteiger partial charge in [-0.3, -0.25) is 0 Å². The molecule has 0 bridgehead atoms. The topological polar surface area (TPSA) is 33.1 Å². The van der Waals surface area contributed by atoms with Crippen molar-refractivity contribution >= 4 is 5.71 Å². The zero-order valence-corrected chi connectivity index (χ0v) is 15.5. The molecule has 0 amide bonds. The van der Waals surface area contributed by atoms with Crippen LogP contribution in [0.2, 0.25) is 0 Å². The molecule has 134 valence electrons. The first kappa shape index (κ1) is 15.2. The van der Waals surface area contributed by atoms with Gasteiger partial charge >= 0.3 is 0 Å². The Kier molecular flexibility index (Phi) is 2.85. The molecule has 4 unspecified atom stereocenters. The van der Waals surface area contributed by atoms with Crippen molar-refractivity contribution in [3.05, 3.63) is 23.8 Å². The summed E-state index contributed by atoms with van der Waals surface area (Å²) in [6.07, 6.45) is 18.9. The van der Waals surface area contributed by atoms with E-state index in [9.17, 15) is 0 Å². The third-order valence-electron chi connectivity index (χ3n) is 9.59. The average molecular weight is 338 g/mol. The van der Waals surface area contributed by atoms with E-state index >= 15 is 0 Å². The highest BCUT2D eigenvalue weighted by Crippen LogP contribution is 2.78. The molecule has 2 nitrogen and oxygen atoms in total. The Morgan fingerprint density at radius 3 is 2.72 bits per heavy atom. The lowest BCUT2D eigenvalue weighted by molar-refractivity contribution is -0.128. The Bertz CT molecular complexity index is 701. The molecule has 0 radical (unpaired) electrons. The predicted octanol–water partition coefficient (Wildman–Crippen LogP) is 5.29. The van der Waals surface area contributed by atoms with Crippen LogP contribution in [0.1, 0.15) is 64.7 Å². The highest BCUT2D eigenvalue weighted by atomic mass is 16.5. The van der Waals surface area contributed by atoms with Crippen LogP contribution in [0.25, 0.3) is 0 Å². The summed E-state index contributed by atoms with van der Waals surface area (Å²) in [4.78, 5) is 0. The van der Waals surface area contributed by atoms with Gasteiger partial charge in [-0.25, -0.2) is 0 Å². The van der Waals surface area contributed by atoms with Gasteiger partial charge < -0.3 is 10.1 Å². The van der Waals surface area contributed by atoms with Crippen molar-refractivity contribution < 1.29 is 4.74 Å². The van der Waals surface area contributed by atoms with Crippen LogP contribution in [0.4, 0.5) is 0 Å². The summed E-state index contributed by atoms with van der Waals surface area (Å²) in [6, 6.07) is 0. The van der Waals surface area contributed by atoms with Gasteiger partial charge in [-0.05, 0) is 87.5 Å². The molecule has 1 aliphatic heterocycles. The summed E-state index contributed by atoms with van der Waals surface area (Å²) in [6.45, 7) is 3.44. The van der Waals surface area contributed by atoms with Crippen molar-refractivity contribution in [1.82, 2.24) is 0 Å². The van der Waals surface area contributed by atoms with Crippen LogP contribution in [0.3, 0.4) is 0 Å². The van der Waals surface area contributed by atoms with Gasteiger partial charge in [0.1, 0.15) is 0 Å². The van der Waals surface area contributed by atoms with Crippen molar-refractivity contribution in [2.24, 2.45) is 34.5 Å². The van der Waals surface area contributed by atoms with Gasteiger partial charge in [0.2, 0.25) is 0 Å². The minimum absolute atomic E-state index is 0.0699. The summed E-state index contributed by atoms with van der Waals surface area (Å²) in [5.41, 5.74) is 3.43. The molecule has 2 spiro atoms. The maximum atomic E-state index is 8.06. The Labute approximate surface area is 151 Å². The number of ether oxygens (including phenoxy) is 1. The highest BCUT2D eigenvalue weighted by molar-refractivity contribution is 5.93. The first-order valence-electron chi connectivity index (χ1n) is 10.7. The van der Waals surface area contributed by atoms with Crippen molar-refractivity contribution in [3.63, 3.8) is 0 Å². The second-order valence-corrected chi connectivity index (χ2v) is 10.3. The molecule has 6 rings (SSSR count). The van der Waals surface area contributed by atoms with Gasteiger partial charge in [0.25, 0.3) is 0 Å². The lowest BCUT2D eigenvalue weighted by atomic mass is 9.50. The molecule has 0 aromatic carbocycles. The monoisotopic (exact) mass is 337 g/mol. The van der Waals surface area contributed by atoms with E-state index in [-0.39, 0.29) is 5.60 Å². The van der Waals surface area contributed by atoms with Crippen LogP contribution in [-0.2, 0) is 4.74 Å². The molecule has 0 aromatic heterocycles. The van der Waals surface area contributed by atoms with Crippen LogP contribution in [0.5, 0.6) is 0 Å². The van der Waals surface area contributed by atoms with E-state index in [0.717, 1.165) is 42.4 Å². The van der Waals surface area contributed by atoms with Gasteiger partial charge in [-0.15, -0.1) is 0 Å². The van der Waals surface area contributed by atoms with Crippen molar-refractivity contribution in [2.45, 2.75) is 70.3 Å². The lowest BCUT2D eigenvalue weighted by Gasteiger charge is -2.56. The quantitative estimate of drug-likeness (QED) is 0.598. The molecule has 4 fully saturated rings. The lowest BCUT2D eigenvalue weighted by Crippen LogP contribution is -2.54. The van der Waals surface area contributed by atoms with E-state index < -0.39 is 0 Å². The van der Waals surface area contributed by atoms with Gasteiger partial charge in [0.05, 0.1) is 12.2 Å². The van der Waals surface area contributed by atoms with Crippen LogP contribution in [-0.4, -0.2) is 17.9 Å². The molecule has 0 aromatic rings. The molecule has 5 aliphatic carbocycles. The number of hydrogen-bond acceptors (Lipinski definition) is 2. The maximum Gasteiger partial charge on any atom is 0.0979 e. The molecule has 2 heteroatoms. The molecular weight excluding hydrogens is 306 g/mol. The van der Waals surface area contributed by atoms with E-state index in [1.54, 1.807) is 5.57 Å². The second kappa shape index (κ2) is 4.68. The zero-order valence-electron chi connectivity index (χ0n) is 15.5. The third-order valence-corrected chi connectivity index (χ3v) is 9.59. The predicted molar refractivity (Wildman–Crippen MR) is 99.7 cm³/mol.